The van der Waals surface area contributed by atoms with Crippen LogP contribution in [0.25, 0.3) is 0 Å². The van der Waals surface area contributed by atoms with Gasteiger partial charge in [0.25, 0.3) is 0 Å². The average Bonchev–Trinajstić information content (AvgIpc) is 2.65. The lowest BCUT2D eigenvalue weighted by Crippen LogP contribution is -1.89. The SMILES string of the molecule is CSc1ccc(Nc2nnc(N)o2)cc1. The molecule has 78 valence electrons. The largest absolute Gasteiger partial charge is 0.389 e. The molecule has 0 aliphatic rings. The quantitative estimate of drug-likeness (QED) is 0.774. The number of aromatic nitrogens is 2. The fourth-order valence-electron chi connectivity index (χ4n) is 1.08. The highest BCUT2D eigenvalue weighted by Crippen LogP contribution is 2.20. The van der Waals surface area contributed by atoms with E-state index in [9.17, 15) is 0 Å². The number of thioether (sulfide) groups is 1. The molecule has 0 aliphatic heterocycles. The van der Waals surface area contributed by atoms with E-state index in [-0.39, 0.29) is 6.01 Å². The molecule has 1 aromatic carbocycles. The third-order valence-electron chi connectivity index (χ3n) is 1.78. The number of hydrogen-bond acceptors (Lipinski definition) is 6. The van der Waals surface area contributed by atoms with Crippen molar-refractivity contribution in [3.05, 3.63) is 24.3 Å². The second-order valence-electron chi connectivity index (χ2n) is 2.80. The molecule has 0 spiro atoms. The maximum Gasteiger partial charge on any atom is 0.321 e. The van der Waals surface area contributed by atoms with Gasteiger partial charge in [-0.2, -0.15) is 0 Å². The van der Waals surface area contributed by atoms with Crippen LogP contribution in [0.4, 0.5) is 17.7 Å². The molecular formula is C9H10N4OS. The van der Waals surface area contributed by atoms with Crippen molar-refractivity contribution in [2.45, 2.75) is 4.90 Å². The highest BCUT2D eigenvalue weighted by Gasteiger charge is 2.02. The Balaban J connectivity index is 2.11. The van der Waals surface area contributed by atoms with Crippen LogP contribution in [-0.2, 0) is 0 Å². The van der Waals surface area contributed by atoms with Crippen molar-refractivity contribution in [1.29, 1.82) is 0 Å². The Kier molecular flexibility index (Phi) is 2.77. The van der Waals surface area contributed by atoms with Gasteiger partial charge in [0.15, 0.2) is 0 Å². The second kappa shape index (κ2) is 4.22. The summed E-state index contributed by atoms with van der Waals surface area (Å²) in [5.41, 5.74) is 6.18. The average molecular weight is 222 g/mol. The zero-order chi connectivity index (χ0) is 10.7. The van der Waals surface area contributed by atoms with E-state index in [0.717, 1.165) is 5.69 Å². The number of benzene rings is 1. The van der Waals surface area contributed by atoms with E-state index in [4.69, 9.17) is 10.2 Å². The van der Waals surface area contributed by atoms with Crippen LogP contribution in [0.1, 0.15) is 0 Å². The zero-order valence-electron chi connectivity index (χ0n) is 8.10. The van der Waals surface area contributed by atoms with Crippen molar-refractivity contribution in [3.8, 4) is 0 Å². The number of nitrogens with zero attached hydrogens (tertiary/aromatic N) is 2. The summed E-state index contributed by atoms with van der Waals surface area (Å²) in [4.78, 5) is 1.20. The van der Waals surface area contributed by atoms with Gasteiger partial charge in [-0.1, -0.05) is 10.2 Å². The Bertz CT molecular complexity index is 440. The smallest absolute Gasteiger partial charge is 0.321 e. The standard InChI is InChI=1S/C9H10N4OS/c1-15-7-4-2-6(3-5-7)11-9-13-12-8(10)14-9/h2-5H,1H3,(H2,10,12)(H,11,13). The van der Waals surface area contributed by atoms with E-state index in [1.807, 2.05) is 30.5 Å². The Hall–Kier alpha value is -1.69. The number of anilines is 3. The molecule has 0 aliphatic carbocycles. The third kappa shape index (κ3) is 2.41. The minimum absolute atomic E-state index is 0.0539. The number of nitrogens with one attached hydrogen (secondary N) is 1. The van der Waals surface area contributed by atoms with Gasteiger partial charge in [-0.15, -0.1) is 11.8 Å². The summed E-state index contributed by atoms with van der Waals surface area (Å²) in [7, 11) is 0. The van der Waals surface area contributed by atoms with Gasteiger partial charge in [0.1, 0.15) is 0 Å². The van der Waals surface area contributed by atoms with Crippen molar-refractivity contribution >= 4 is 29.5 Å². The van der Waals surface area contributed by atoms with Crippen LogP contribution in [-0.4, -0.2) is 16.5 Å². The molecule has 0 atom stereocenters. The molecular weight excluding hydrogens is 212 g/mol. The minimum atomic E-state index is 0.0539. The van der Waals surface area contributed by atoms with Crippen LogP contribution < -0.4 is 11.1 Å². The van der Waals surface area contributed by atoms with E-state index < -0.39 is 0 Å². The van der Waals surface area contributed by atoms with Crippen molar-refractivity contribution in [2.24, 2.45) is 0 Å². The highest BCUT2D eigenvalue weighted by molar-refractivity contribution is 7.98. The number of rotatable bonds is 3. The fraction of sp³-hybridized carbons (Fsp3) is 0.111. The van der Waals surface area contributed by atoms with Gasteiger partial charge < -0.3 is 15.5 Å². The first-order chi connectivity index (χ1) is 7.28. The van der Waals surface area contributed by atoms with Crippen LogP contribution in [0.3, 0.4) is 0 Å². The van der Waals surface area contributed by atoms with E-state index >= 15 is 0 Å². The van der Waals surface area contributed by atoms with Gasteiger partial charge in [-0.3, -0.25) is 0 Å². The van der Waals surface area contributed by atoms with Gasteiger partial charge in [0.05, 0.1) is 0 Å². The van der Waals surface area contributed by atoms with Crippen molar-refractivity contribution in [3.63, 3.8) is 0 Å². The molecule has 15 heavy (non-hydrogen) atoms. The maximum absolute atomic E-state index is 5.29. The predicted octanol–water partition coefficient (Wildman–Crippen LogP) is 2.12. The molecule has 0 saturated carbocycles. The summed E-state index contributed by atoms with van der Waals surface area (Å²) < 4.78 is 4.98. The van der Waals surface area contributed by atoms with Crippen LogP contribution in [0, 0.1) is 0 Å². The minimum Gasteiger partial charge on any atom is -0.389 e. The van der Waals surface area contributed by atoms with Crippen LogP contribution in [0.2, 0.25) is 0 Å². The van der Waals surface area contributed by atoms with Gasteiger partial charge in [0.2, 0.25) is 0 Å². The Labute approximate surface area is 91.1 Å². The molecule has 3 N–H and O–H groups in total. The fourth-order valence-corrected chi connectivity index (χ4v) is 1.49. The lowest BCUT2D eigenvalue weighted by molar-refractivity contribution is 0.593. The monoisotopic (exact) mass is 222 g/mol. The summed E-state index contributed by atoms with van der Waals surface area (Å²) in [5, 5.41) is 10.2. The zero-order valence-corrected chi connectivity index (χ0v) is 8.91. The molecule has 1 aromatic heterocycles. The Morgan fingerprint density at radius 2 is 2.00 bits per heavy atom. The van der Waals surface area contributed by atoms with Crippen LogP contribution in [0.5, 0.6) is 0 Å². The molecule has 0 fully saturated rings. The summed E-state index contributed by atoms with van der Waals surface area (Å²) >= 11 is 1.69. The van der Waals surface area contributed by atoms with Crippen molar-refractivity contribution in [1.82, 2.24) is 10.2 Å². The molecule has 2 rings (SSSR count). The molecule has 2 aromatic rings. The summed E-state index contributed by atoms with van der Waals surface area (Å²) in [5.74, 6) is 0. The maximum atomic E-state index is 5.29. The molecule has 6 heteroatoms. The van der Waals surface area contributed by atoms with Crippen LogP contribution in [0.15, 0.2) is 33.6 Å². The number of hydrogen-bond donors (Lipinski definition) is 2. The summed E-state index contributed by atoms with van der Waals surface area (Å²) in [6, 6.07) is 8.24. The third-order valence-corrected chi connectivity index (χ3v) is 2.53. The summed E-state index contributed by atoms with van der Waals surface area (Å²) in [6.07, 6.45) is 2.03. The van der Waals surface area contributed by atoms with E-state index in [1.165, 1.54) is 4.90 Å². The topological polar surface area (TPSA) is 77.0 Å². The van der Waals surface area contributed by atoms with Gasteiger partial charge >= 0.3 is 12.0 Å². The number of nitrogens with two attached hydrogens (primary N) is 1. The first kappa shape index (κ1) is 9.85. The molecule has 0 saturated heterocycles. The van der Waals surface area contributed by atoms with Gasteiger partial charge in [-0.05, 0) is 30.5 Å². The molecule has 1 heterocycles. The number of nitrogen functional groups attached to an aromatic ring is 1. The van der Waals surface area contributed by atoms with Crippen molar-refractivity contribution < 1.29 is 4.42 Å². The molecule has 0 radical (unpaired) electrons. The first-order valence-electron chi connectivity index (χ1n) is 4.28. The molecule has 0 amide bonds. The predicted molar refractivity (Wildman–Crippen MR) is 60.2 cm³/mol. The van der Waals surface area contributed by atoms with Gasteiger partial charge in [0, 0.05) is 10.6 Å². The summed E-state index contributed by atoms with van der Waals surface area (Å²) in [6.45, 7) is 0. The molecule has 0 bridgehead atoms. The lowest BCUT2D eigenvalue weighted by Gasteiger charge is -2.01. The van der Waals surface area contributed by atoms with Crippen molar-refractivity contribution in [2.75, 3.05) is 17.3 Å². The Morgan fingerprint density at radius 1 is 1.27 bits per heavy atom. The first-order valence-corrected chi connectivity index (χ1v) is 5.50. The lowest BCUT2D eigenvalue weighted by atomic mass is 10.3. The molecule has 5 nitrogen and oxygen atoms in total. The highest BCUT2D eigenvalue weighted by atomic mass is 32.2. The van der Waals surface area contributed by atoms with Gasteiger partial charge in [-0.25, -0.2) is 0 Å². The second-order valence-corrected chi connectivity index (χ2v) is 3.68. The Morgan fingerprint density at radius 3 is 2.53 bits per heavy atom. The molecule has 0 unspecified atom stereocenters. The normalized spacial score (nSPS) is 10.2. The van der Waals surface area contributed by atoms with Crippen LogP contribution >= 0.6 is 11.8 Å². The van der Waals surface area contributed by atoms with E-state index in [2.05, 4.69) is 15.5 Å². The van der Waals surface area contributed by atoms with E-state index in [0.29, 0.717) is 6.01 Å². The van der Waals surface area contributed by atoms with E-state index in [1.54, 1.807) is 11.8 Å².